The van der Waals surface area contributed by atoms with E-state index < -0.39 is 17.5 Å². The number of halogens is 2. The van der Waals surface area contributed by atoms with Crippen LogP contribution >= 0.6 is 0 Å². The third kappa shape index (κ3) is 4.82. The molecule has 2 atom stereocenters. The van der Waals surface area contributed by atoms with E-state index in [-0.39, 0.29) is 34.9 Å². The van der Waals surface area contributed by atoms with E-state index in [1.54, 1.807) is 19.0 Å². The topological polar surface area (TPSA) is 78.7 Å². The highest BCUT2D eigenvalue weighted by Gasteiger charge is 2.42. The number of likely N-dealkylation sites (tertiary alicyclic amines) is 1. The number of aromatic nitrogens is 1. The summed E-state index contributed by atoms with van der Waals surface area (Å²) < 4.78 is 32.3. The molecule has 2 amide bonds. The molecule has 1 aliphatic heterocycles. The van der Waals surface area contributed by atoms with E-state index in [4.69, 9.17) is 4.52 Å². The Hall–Kier alpha value is -2.81. The van der Waals surface area contributed by atoms with E-state index in [1.165, 1.54) is 25.0 Å². The molecule has 1 aromatic carbocycles. The fraction of sp³-hybridized carbons (Fsp3) is 0.522. The predicted octanol–water partition coefficient (Wildman–Crippen LogP) is 2.93. The first-order valence-corrected chi connectivity index (χ1v) is 10.8. The Morgan fingerprint density at radius 1 is 1.28 bits per heavy atom. The lowest BCUT2D eigenvalue weighted by molar-refractivity contribution is -0.135. The normalized spacial score (nSPS) is 22.4. The Labute approximate surface area is 185 Å². The number of amides is 2. The summed E-state index contributed by atoms with van der Waals surface area (Å²) in [6, 6.07) is 4.05. The van der Waals surface area contributed by atoms with Gasteiger partial charge in [-0.1, -0.05) is 12.1 Å². The SMILES string of the molecule is CN(C)C(=O)[C@@H]1CN(CC2(C)CC2)CC[C@H]1NC(=O)c1cc(-c2ccc(F)cc2F)on1. The molecule has 0 unspecified atom stereocenters. The van der Waals surface area contributed by atoms with Gasteiger partial charge in [-0.3, -0.25) is 9.59 Å². The maximum Gasteiger partial charge on any atom is 0.273 e. The van der Waals surface area contributed by atoms with Gasteiger partial charge < -0.3 is 19.6 Å². The van der Waals surface area contributed by atoms with Crippen molar-refractivity contribution in [1.82, 2.24) is 20.3 Å². The van der Waals surface area contributed by atoms with Crippen LogP contribution in [-0.2, 0) is 4.79 Å². The average Bonchev–Trinajstić information content (AvgIpc) is 3.25. The maximum atomic E-state index is 14.0. The Morgan fingerprint density at radius 2 is 2.03 bits per heavy atom. The molecule has 0 spiro atoms. The van der Waals surface area contributed by atoms with Crippen LogP contribution in [0.3, 0.4) is 0 Å². The first kappa shape index (κ1) is 22.4. The summed E-state index contributed by atoms with van der Waals surface area (Å²) in [4.78, 5) is 29.5. The van der Waals surface area contributed by atoms with E-state index in [0.717, 1.165) is 25.2 Å². The van der Waals surface area contributed by atoms with Gasteiger partial charge >= 0.3 is 0 Å². The number of rotatable bonds is 6. The maximum absolute atomic E-state index is 14.0. The first-order chi connectivity index (χ1) is 15.1. The molecule has 2 aromatic rings. The van der Waals surface area contributed by atoms with Gasteiger partial charge in [0.1, 0.15) is 11.6 Å². The van der Waals surface area contributed by atoms with E-state index in [0.29, 0.717) is 18.4 Å². The van der Waals surface area contributed by atoms with Gasteiger partial charge in [-0.25, -0.2) is 8.78 Å². The molecular weight excluding hydrogens is 418 g/mol. The number of piperidine rings is 1. The summed E-state index contributed by atoms with van der Waals surface area (Å²) in [7, 11) is 3.42. The second kappa shape index (κ2) is 8.61. The monoisotopic (exact) mass is 446 g/mol. The predicted molar refractivity (Wildman–Crippen MR) is 114 cm³/mol. The zero-order chi connectivity index (χ0) is 23.0. The van der Waals surface area contributed by atoms with Crippen molar-refractivity contribution < 1.29 is 22.9 Å². The van der Waals surface area contributed by atoms with Gasteiger partial charge in [0.2, 0.25) is 5.91 Å². The van der Waals surface area contributed by atoms with E-state index >= 15 is 0 Å². The first-order valence-electron chi connectivity index (χ1n) is 10.8. The number of hydrogen-bond donors (Lipinski definition) is 1. The molecule has 4 rings (SSSR count). The highest BCUT2D eigenvalue weighted by atomic mass is 19.1. The summed E-state index contributed by atoms with van der Waals surface area (Å²) in [5.74, 6) is -2.38. The van der Waals surface area contributed by atoms with E-state index in [9.17, 15) is 18.4 Å². The number of hydrogen-bond acceptors (Lipinski definition) is 5. The Kier molecular flexibility index (Phi) is 6.03. The van der Waals surface area contributed by atoms with Crippen LogP contribution in [0.2, 0.25) is 0 Å². The number of benzene rings is 1. The van der Waals surface area contributed by atoms with Crippen LogP contribution < -0.4 is 5.32 Å². The van der Waals surface area contributed by atoms with E-state index in [1.807, 2.05) is 0 Å². The van der Waals surface area contributed by atoms with Gasteiger partial charge in [0, 0.05) is 51.9 Å². The molecule has 2 aliphatic rings. The fourth-order valence-electron chi connectivity index (χ4n) is 4.27. The van der Waals surface area contributed by atoms with Crippen LogP contribution in [0.4, 0.5) is 8.78 Å². The summed E-state index contributed by atoms with van der Waals surface area (Å²) in [6.07, 6.45) is 3.06. The fourth-order valence-corrected chi connectivity index (χ4v) is 4.27. The van der Waals surface area contributed by atoms with Crippen molar-refractivity contribution in [2.24, 2.45) is 11.3 Å². The van der Waals surface area contributed by atoms with Gasteiger partial charge in [-0.15, -0.1) is 0 Å². The van der Waals surface area contributed by atoms with Gasteiger partial charge in [0.05, 0.1) is 11.5 Å². The molecule has 1 N–H and O–H groups in total. The molecule has 7 nitrogen and oxygen atoms in total. The summed E-state index contributed by atoms with van der Waals surface area (Å²) in [6.45, 7) is 4.60. The molecule has 9 heteroatoms. The smallest absolute Gasteiger partial charge is 0.273 e. The van der Waals surface area contributed by atoms with Crippen LogP contribution in [0.1, 0.15) is 36.7 Å². The van der Waals surface area contributed by atoms with Crippen LogP contribution in [-0.4, -0.2) is 66.5 Å². The van der Waals surface area contributed by atoms with Gasteiger partial charge in [0.15, 0.2) is 11.5 Å². The Balaban J connectivity index is 1.46. The van der Waals surface area contributed by atoms with Crippen molar-refractivity contribution in [3.05, 3.63) is 41.6 Å². The van der Waals surface area contributed by atoms with Crippen molar-refractivity contribution in [3.8, 4) is 11.3 Å². The van der Waals surface area contributed by atoms with Gasteiger partial charge in [-0.05, 0) is 36.8 Å². The zero-order valence-corrected chi connectivity index (χ0v) is 18.5. The molecule has 0 radical (unpaired) electrons. The van der Waals surface area contributed by atoms with Gasteiger partial charge in [-0.2, -0.15) is 0 Å². The molecule has 1 aliphatic carbocycles. The Morgan fingerprint density at radius 3 is 2.69 bits per heavy atom. The van der Waals surface area contributed by atoms with Crippen LogP contribution in [0, 0.1) is 23.0 Å². The van der Waals surface area contributed by atoms with Crippen molar-refractivity contribution in [2.45, 2.75) is 32.2 Å². The summed E-state index contributed by atoms with van der Waals surface area (Å²) in [5, 5.41) is 6.66. The van der Waals surface area contributed by atoms with Crippen molar-refractivity contribution in [3.63, 3.8) is 0 Å². The quantitative estimate of drug-likeness (QED) is 0.738. The molecule has 172 valence electrons. The average molecular weight is 446 g/mol. The molecule has 2 heterocycles. The number of nitrogens with one attached hydrogen (secondary N) is 1. The lowest BCUT2D eigenvalue weighted by atomic mass is 9.89. The standard InChI is InChI=1S/C23H28F2N4O3/c1-23(7-8-23)13-29-9-6-18(16(12-29)22(31)28(2)3)26-21(30)19-11-20(32-27-19)15-5-4-14(24)10-17(15)25/h4-5,10-11,16,18H,6-9,12-13H2,1-3H3,(H,26,30)/t16-,18-/m1/s1. The Bertz CT molecular complexity index is 1020. The second-order valence-corrected chi connectivity index (χ2v) is 9.45. The number of carbonyl (C=O) groups excluding carboxylic acids is 2. The van der Waals surface area contributed by atoms with Crippen LogP contribution in [0.25, 0.3) is 11.3 Å². The van der Waals surface area contributed by atoms with Crippen molar-refractivity contribution in [2.75, 3.05) is 33.7 Å². The van der Waals surface area contributed by atoms with Crippen molar-refractivity contribution in [1.29, 1.82) is 0 Å². The minimum Gasteiger partial charge on any atom is -0.355 e. The van der Waals surface area contributed by atoms with Gasteiger partial charge in [0.25, 0.3) is 5.91 Å². The molecule has 1 saturated heterocycles. The number of carbonyl (C=O) groups is 2. The molecular formula is C23H28F2N4O3. The van der Waals surface area contributed by atoms with Crippen LogP contribution in [0.5, 0.6) is 0 Å². The lowest BCUT2D eigenvalue weighted by Crippen LogP contribution is -2.56. The molecule has 32 heavy (non-hydrogen) atoms. The largest absolute Gasteiger partial charge is 0.355 e. The van der Waals surface area contributed by atoms with Crippen LogP contribution in [0.15, 0.2) is 28.8 Å². The minimum atomic E-state index is -0.804. The summed E-state index contributed by atoms with van der Waals surface area (Å²) in [5.41, 5.74) is 0.335. The van der Waals surface area contributed by atoms with E-state index in [2.05, 4.69) is 22.3 Å². The minimum absolute atomic E-state index is 0.0143. The highest BCUT2D eigenvalue weighted by Crippen LogP contribution is 2.46. The van der Waals surface area contributed by atoms with Crippen molar-refractivity contribution >= 4 is 11.8 Å². The lowest BCUT2D eigenvalue weighted by Gasteiger charge is -2.40. The third-order valence-corrected chi connectivity index (χ3v) is 6.42. The molecule has 1 aromatic heterocycles. The second-order valence-electron chi connectivity index (χ2n) is 9.45. The highest BCUT2D eigenvalue weighted by molar-refractivity contribution is 5.94. The molecule has 0 bridgehead atoms. The summed E-state index contributed by atoms with van der Waals surface area (Å²) >= 11 is 0. The molecule has 1 saturated carbocycles. The third-order valence-electron chi connectivity index (χ3n) is 6.42. The molecule has 2 fully saturated rings. The number of nitrogens with zero attached hydrogens (tertiary/aromatic N) is 3. The zero-order valence-electron chi connectivity index (χ0n) is 18.5.